The van der Waals surface area contributed by atoms with Gasteiger partial charge in [-0.15, -0.1) is 10.2 Å². The lowest BCUT2D eigenvalue weighted by molar-refractivity contribution is -0.129. The maximum Gasteiger partial charge on any atom is 0.266 e. The number of hydroxylamine groups is 1. The SMILES string of the molecule is O=C(CCCCc1nnc(-c2cc3c([nH]c4ccccc43)c(-c3ccccc3)n2)o1)NO. The van der Waals surface area contributed by atoms with Gasteiger partial charge in [0, 0.05) is 34.7 Å². The zero-order chi connectivity index (χ0) is 21.9. The first kappa shape index (κ1) is 19.9. The molecule has 3 N–H and O–H groups in total. The summed E-state index contributed by atoms with van der Waals surface area (Å²) in [6.45, 7) is 0. The molecule has 8 heteroatoms. The molecule has 0 spiro atoms. The molecule has 32 heavy (non-hydrogen) atoms. The summed E-state index contributed by atoms with van der Waals surface area (Å²) in [5, 5.41) is 19.1. The van der Waals surface area contributed by atoms with Crippen LogP contribution in [0.1, 0.15) is 25.2 Å². The van der Waals surface area contributed by atoms with Gasteiger partial charge in [-0.3, -0.25) is 10.0 Å². The number of fused-ring (bicyclic) bond motifs is 3. The van der Waals surface area contributed by atoms with Gasteiger partial charge in [0.1, 0.15) is 5.69 Å². The number of H-pyrrole nitrogens is 1. The van der Waals surface area contributed by atoms with Gasteiger partial charge in [-0.2, -0.15) is 0 Å². The van der Waals surface area contributed by atoms with Gasteiger partial charge in [-0.25, -0.2) is 10.5 Å². The van der Waals surface area contributed by atoms with Crippen molar-refractivity contribution in [3.63, 3.8) is 0 Å². The summed E-state index contributed by atoms with van der Waals surface area (Å²) < 4.78 is 5.89. The van der Waals surface area contributed by atoms with E-state index < -0.39 is 5.91 Å². The summed E-state index contributed by atoms with van der Waals surface area (Å²) >= 11 is 0. The number of aromatic amines is 1. The summed E-state index contributed by atoms with van der Waals surface area (Å²) in [5.74, 6) is 0.449. The Morgan fingerprint density at radius 1 is 1.00 bits per heavy atom. The minimum Gasteiger partial charge on any atom is -0.419 e. The molecule has 8 nitrogen and oxygen atoms in total. The van der Waals surface area contributed by atoms with Gasteiger partial charge < -0.3 is 9.40 Å². The van der Waals surface area contributed by atoms with Crippen LogP contribution in [-0.2, 0) is 11.2 Å². The molecule has 0 saturated heterocycles. The maximum atomic E-state index is 11.1. The molecule has 2 aromatic carbocycles. The lowest BCUT2D eigenvalue weighted by Gasteiger charge is -2.05. The van der Waals surface area contributed by atoms with Crippen LogP contribution >= 0.6 is 0 Å². The van der Waals surface area contributed by atoms with Crippen molar-refractivity contribution in [2.24, 2.45) is 0 Å². The molecule has 3 heterocycles. The van der Waals surface area contributed by atoms with Crippen molar-refractivity contribution in [1.29, 1.82) is 0 Å². The molecule has 5 aromatic rings. The van der Waals surface area contributed by atoms with Crippen molar-refractivity contribution in [3.8, 4) is 22.8 Å². The van der Waals surface area contributed by atoms with E-state index in [1.807, 2.05) is 54.6 Å². The topological polar surface area (TPSA) is 117 Å². The summed E-state index contributed by atoms with van der Waals surface area (Å²) in [6.07, 6.45) is 2.10. The maximum absolute atomic E-state index is 11.1. The smallest absolute Gasteiger partial charge is 0.266 e. The number of para-hydroxylation sites is 1. The minimum absolute atomic E-state index is 0.247. The summed E-state index contributed by atoms with van der Waals surface area (Å²) in [5.41, 5.74) is 6.06. The molecular weight excluding hydrogens is 406 g/mol. The number of aryl methyl sites for hydroxylation is 1. The van der Waals surface area contributed by atoms with E-state index in [1.165, 1.54) is 0 Å². The number of pyridine rings is 1. The van der Waals surface area contributed by atoms with Gasteiger partial charge in [0.2, 0.25) is 11.8 Å². The van der Waals surface area contributed by atoms with Crippen molar-refractivity contribution >= 4 is 27.7 Å². The van der Waals surface area contributed by atoms with Crippen molar-refractivity contribution in [1.82, 2.24) is 25.6 Å². The molecule has 3 aromatic heterocycles. The van der Waals surface area contributed by atoms with Crippen LogP contribution in [0.3, 0.4) is 0 Å². The van der Waals surface area contributed by atoms with Crippen molar-refractivity contribution < 1.29 is 14.4 Å². The zero-order valence-electron chi connectivity index (χ0n) is 17.2. The Balaban J connectivity index is 1.51. The highest BCUT2D eigenvalue weighted by molar-refractivity contribution is 6.11. The lowest BCUT2D eigenvalue weighted by atomic mass is 10.1. The Bertz CT molecular complexity index is 1390. The quantitative estimate of drug-likeness (QED) is 0.198. The van der Waals surface area contributed by atoms with E-state index in [1.54, 1.807) is 5.48 Å². The van der Waals surface area contributed by atoms with E-state index in [9.17, 15) is 4.79 Å². The van der Waals surface area contributed by atoms with Crippen LogP contribution < -0.4 is 5.48 Å². The van der Waals surface area contributed by atoms with Gasteiger partial charge in [-0.05, 0) is 25.0 Å². The van der Waals surface area contributed by atoms with Crippen LogP contribution in [0.15, 0.2) is 65.1 Å². The van der Waals surface area contributed by atoms with Gasteiger partial charge in [0.25, 0.3) is 5.89 Å². The highest BCUT2D eigenvalue weighted by Gasteiger charge is 2.17. The van der Waals surface area contributed by atoms with Crippen LogP contribution in [0, 0.1) is 0 Å². The van der Waals surface area contributed by atoms with Gasteiger partial charge in [0.15, 0.2) is 0 Å². The number of nitrogens with zero attached hydrogens (tertiary/aromatic N) is 3. The van der Waals surface area contributed by atoms with Crippen LogP contribution in [0.5, 0.6) is 0 Å². The Kier molecular flexibility index (Phi) is 5.35. The molecule has 1 amide bonds. The average molecular weight is 427 g/mol. The molecule has 0 radical (unpaired) electrons. The van der Waals surface area contributed by atoms with E-state index in [0.29, 0.717) is 36.7 Å². The fraction of sp³-hybridized carbons (Fsp3) is 0.167. The summed E-state index contributed by atoms with van der Waals surface area (Å²) in [7, 11) is 0. The van der Waals surface area contributed by atoms with E-state index >= 15 is 0 Å². The first-order valence-corrected chi connectivity index (χ1v) is 10.5. The number of aromatic nitrogens is 4. The third kappa shape index (κ3) is 3.83. The number of benzene rings is 2. The second-order valence-electron chi connectivity index (χ2n) is 7.56. The largest absolute Gasteiger partial charge is 0.419 e. The highest BCUT2D eigenvalue weighted by atomic mass is 16.5. The molecule has 0 aliphatic rings. The molecule has 0 saturated carbocycles. The van der Waals surface area contributed by atoms with Crippen LogP contribution in [0.4, 0.5) is 0 Å². The normalized spacial score (nSPS) is 11.3. The van der Waals surface area contributed by atoms with Crippen molar-refractivity contribution in [2.45, 2.75) is 25.7 Å². The van der Waals surface area contributed by atoms with Crippen molar-refractivity contribution in [2.75, 3.05) is 0 Å². The Morgan fingerprint density at radius 2 is 1.81 bits per heavy atom. The highest BCUT2D eigenvalue weighted by Crippen LogP contribution is 2.34. The summed E-state index contributed by atoms with van der Waals surface area (Å²) in [4.78, 5) is 19.5. The fourth-order valence-electron chi connectivity index (χ4n) is 3.84. The van der Waals surface area contributed by atoms with Crippen LogP contribution in [-0.4, -0.2) is 31.3 Å². The number of hydrogen-bond acceptors (Lipinski definition) is 6. The van der Waals surface area contributed by atoms with Crippen LogP contribution in [0.25, 0.3) is 44.6 Å². The average Bonchev–Trinajstić information content (AvgIpc) is 3.46. The van der Waals surface area contributed by atoms with Crippen molar-refractivity contribution in [3.05, 3.63) is 66.6 Å². The second-order valence-corrected chi connectivity index (χ2v) is 7.56. The first-order valence-electron chi connectivity index (χ1n) is 10.5. The standard InChI is InChI=1S/C24H21N5O3/c30-20(29-31)12-6-7-13-21-27-28-24(32-21)19-14-17-16-10-4-5-11-18(16)25-23(17)22(26-19)15-8-2-1-3-9-15/h1-5,8-11,14,25,31H,6-7,12-13H2,(H,29,30). The molecule has 0 unspecified atom stereocenters. The molecule has 0 atom stereocenters. The number of amides is 1. The number of nitrogens with one attached hydrogen (secondary N) is 2. The molecule has 0 aliphatic carbocycles. The number of rotatable bonds is 7. The Labute approximate surface area is 183 Å². The minimum atomic E-state index is -0.402. The summed E-state index contributed by atoms with van der Waals surface area (Å²) in [6, 6.07) is 20.1. The molecule has 0 fully saturated rings. The predicted octanol–water partition coefficient (Wildman–Crippen LogP) is 4.65. The van der Waals surface area contributed by atoms with E-state index in [2.05, 4.69) is 21.2 Å². The second kappa shape index (κ2) is 8.60. The van der Waals surface area contributed by atoms with E-state index in [-0.39, 0.29) is 6.42 Å². The molecule has 160 valence electrons. The molecule has 0 aliphatic heterocycles. The fourth-order valence-corrected chi connectivity index (χ4v) is 3.84. The Morgan fingerprint density at radius 3 is 2.66 bits per heavy atom. The number of hydrogen-bond donors (Lipinski definition) is 3. The lowest BCUT2D eigenvalue weighted by Crippen LogP contribution is -2.17. The number of carbonyl (C=O) groups excluding carboxylic acids is 1. The molecule has 5 rings (SSSR count). The van der Waals surface area contributed by atoms with Gasteiger partial charge in [0.05, 0.1) is 11.2 Å². The zero-order valence-corrected chi connectivity index (χ0v) is 17.2. The van der Waals surface area contributed by atoms with Gasteiger partial charge >= 0.3 is 0 Å². The Hall–Kier alpha value is -4.04. The van der Waals surface area contributed by atoms with E-state index in [0.717, 1.165) is 33.1 Å². The predicted molar refractivity (Wildman–Crippen MR) is 120 cm³/mol. The first-order chi connectivity index (χ1) is 15.7. The van der Waals surface area contributed by atoms with E-state index in [4.69, 9.17) is 14.6 Å². The van der Waals surface area contributed by atoms with Gasteiger partial charge in [-0.1, -0.05) is 48.5 Å². The third-order valence-corrected chi connectivity index (χ3v) is 5.40. The van der Waals surface area contributed by atoms with Crippen LogP contribution in [0.2, 0.25) is 0 Å². The monoisotopic (exact) mass is 427 g/mol. The number of unbranched alkanes of at least 4 members (excludes halogenated alkanes) is 1. The number of carbonyl (C=O) groups is 1. The molecular formula is C24H21N5O3. The third-order valence-electron chi connectivity index (χ3n) is 5.40. The molecule has 0 bridgehead atoms.